The van der Waals surface area contributed by atoms with Gasteiger partial charge in [0.15, 0.2) is 11.7 Å². The molecule has 2 heterocycles. The van der Waals surface area contributed by atoms with Crippen LogP contribution in [0, 0.1) is 13.8 Å². The summed E-state index contributed by atoms with van der Waals surface area (Å²) in [6, 6.07) is 9.39. The highest BCUT2D eigenvalue weighted by Crippen LogP contribution is 2.33. The highest BCUT2D eigenvalue weighted by atomic mass is 16.3. The van der Waals surface area contributed by atoms with Gasteiger partial charge in [0.25, 0.3) is 0 Å². The van der Waals surface area contributed by atoms with Crippen molar-refractivity contribution in [2.24, 2.45) is 10.7 Å². The quantitative estimate of drug-likeness (QED) is 0.856. The minimum Gasteiger partial charge on any atom is -0.466 e. The average Bonchev–Trinajstić information content (AvgIpc) is 2.91. The van der Waals surface area contributed by atoms with E-state index in [1.807, 2.05) is 38.1 Å². The lowest BCUT2D eigenvalue weighted by atomic mass is 9.86. The summed E-state index contributed by atoms with van der Waals surface area (Å²) in [5, 5.41) is 0. The van der Waals surface area contributed by atoms with Crippen molar-refractivity contribution in [1.29, 1.82) is 0 Å². The zero-order valence-corrected chi connectivity index (χ0v) is 15.5. The number of aliphatic imine (C=N–C) groups is 1. The van der Waals surface area contributed by atoms with Gasteiger partial charge < -0.3 is 10.2 Å². The molecule has 0 aliphatic carbocycles. The average molecular weight is 353 g/mol. The van der Waals surface area contributed by atoms with Gasteiger partial charge in [0.1, 0.15) is 11.5 Å². The Balaban J connectivity index is 1.88. The number of aryl methyl sites for hydroxylation is 2. The molecule has 0 bridgehead atoms. The third kappa shape index (κ3) is 3.27. The van der Waals surface area contributed by atoms with Gasteiger partial charge in [-0.25, -0.2) is 4.99 Å². The predicted octanol–water partition coefficient (Wildman–Crippen LogP) is 2.71. The van der Waals surface area contributed by atoms with E-state index in [9.17, 15) is 9.59 Å². The standard InChI is InChI=1S/C20H23N3O3/c1-12-8-16(13(2)26-12)17(24)10-14-6-5-7-15(9-14)20(3)11-18(25)23(4)19(21)22-20/h5-9H,10-11H2,1-4H3,(H2,21,22). The molecule has 0 radical (unpaired) electrons. The number of rotatable bonds is 4. The second-order valence-corrected chi connectivity index (χ2v) is 7.00. The fourth-order valence-corrected chi connectivity index (χ4v) is 3.28. The third-order valence-electron chi connectivity index (χ3n) is 4.83. The van der Waals surface area contributed by atoms with Crippen molar-refractivity contribution in [3.05, 3.63) is 58.5 Å². The Morgan fingerprint density at radius 3 is 2.69 bits per heavy atom. The summed E-state index contributed by atoms with van der Waals surface area (Å²) in [7, 11) is 1.62. The maximum atomic E-state index is 12.6. The summed E-state index contributed by atoms with van der Waals surface area (Å²) in [6.07, 6.45) is 0.498. The number of carbonyl (C=O) groups is 2. The van der Waals surface area contributed by atoms with E-state index in [-0.39, 0.29) is 30.5 Å². The Hall–Kier alpha value is -2.89. The fourth-order valence-electron chi connectivity index (χ4n) is 3.28. The number of ketones is 1. The summed E-state index contributed by atoms with van der Waals surface area (Å²) >= 11 is 0. The topological polar surface area (TPSA) is 88.9 Å². The number of guanidine groups is 1. The van der Waals surface area contributed by atoms with E-state index in [0.29, 0.717) is 11.3 Å². The molecule has 6 heteroatoms. The zero-order valence-electron chi connectivity index (χ0n) is 15.5. The highest BCUT2D eigenvalue weighted by molar-refractivity contribution is 5.99. The largest absolute Gasteiger partial charge is 0.466 e. The molecule has 0 fully saturated rings. The zero-order chi connectivity index (χ0) is 19.1. The fraction of sp³-hybridized carbons (Fsp3) is 0.350. The van der Waals surface area contributed by atoms with Crippen LogP contribution in [0.3, 0.4) is 0 Å². The maximum absolute atomic E-state index is 12.6. The first-order chi connectivity index (χ1) is 12.2. The first-order valence-electron chi connectivity index (χ1n) is 8.51. The Kier molecular flexibility index (Phi) is 4.44. The van der Waals surface area contributed by atoms with Crippen LogP contribution in [0.4, 0.5) is 0 Å². The van der Waals surface area contributed by atoms with E-state index < -0.39 is 5.54 Å². The molecule has 0 saturated heterocycles. The van der Waals surface area contributed by atoms with E-state index in [1.54, 1.807) is 20.0 Å². The van der Waals surface area contributed by atoms with E-state index in [2.05, 4.69) is 4.99 Å². The van der Waals surface area contributed by atoms with Gasteiger partial charge in [0.2, 0.25) is 5.91 Å². The molecule has 1 unspecified atom stereocenters. The number of benzene rings is 1. The van der Waals surface area contributed by atoms with Crippen molar-refractivity contribution in [1.82, 2.24) is 4.90 Å². The Morgan fingerprint density at radius 1 is 1.35 bits per heavy atom. The van der Waals surface area contributed by atoms with Gasteiger partial charge in [-0.15, -0.1) is 0 Å². The van der Waals surface area contributed by atoms with E-state index in [1.165, 1.54) is 4.90 Å². The highest BCUT2D eigenvalue weighted by Gasteiger charge is 2.36. The van der Waals surface area contributed by atoms with Crippen LogP contribution in [0.1, 0.15) is 46.3 Å². The SMILES string of the molecule is Cc1cc(C(=O)Cc2cccc(C3(C)CC(=O)N(C)C(N)=N3)c2)c(C)o1. The van der Waals surface area contributed by atoms with Crippen LogP contribution >= 0.6 is 0 Å². The number of carbonyl (C=O) groups excluding carboxylic acids is 2. The Morgan fingerprint density at radius 2 is 2.08 bits per heavy atom. The molecular weight excluding hydrogens is 330 g/mol. The van der Waals surface area contributed by atoms with Gasteiger partial charge in [-0.3, -0.25) is 14.5 Å². The predicted molar refractivity (Wildman–Crippen MR) is 99.0 cm³/mol. The summed E-state index contributed by atoms with van der Waals surface area (Å²) < 4.78 is 5.45. The lowest BCUT2D eigenvalue weighted by Gasteiger charge is -2.33. The van der Waals surface area contributed by atoms with E-state index >= 15 is 0 Å². The number of hydrogen-bond acceptors (Lipinski definition) is 5. The van der Waals surface area contributed by atoms with Crippen LogP contribution in [-0.4, -0.2) is 29.6 Å². The van der Waals surface area contributed by atoms with Crippen molar-refractivity contribution in [2.45, 2.75) is 39.2 Å². The molecule has 3 rings (SSSR count). The van der Waals surface area contributed by atoms with Gasteiger partial charge >= 0.3 is 0 Å². The lowest BCUT2D eigenvalue weighted by Crippen LogP contribution is -2.47. The normalized spacial score (nSPS) is 20.2. The van der Waals surface area contributed by atoms with Gasteiger partial charge in [-0.2, -0.15) is 0 Å². The maximum Gasteiger partial charge on any atom is 0.231 e. The lowest BCUT2D eigenvalue weighted by molar-refractivity contribution is -0.128. The van der Waals surface area contributed by atoms with Gasteiger partial charge in [-0.1, -0.05) is 24.3 Å². The second kappa shape index (κ2) is 6.44. The molecule has 1 aliphatic heterocycles. The Bertz CT molecular complexity index is 913. The molecular formula is C20H23N3O3. The minimum absolute atomic E-state index is 0.00382. The second-order valence-electron chi connectivity index (χ2n) is 7.00. The smallest absolute Gasteiger partial charge is 0.231 e. The number of amides is 1. The van der Waals surface area contributed by atoms with Crippen molar-refractivity contribution < 1.29 is 14.0 Å². The molecule has 1 aromatic carbocycles. The van der Waals surface area contributed by atoms with Crippen LogP contribution < -0.4 is 5.73 Å². The number of furan rings is 1. The third-order valence-corrected chi connectivity index (χ3v) is 4.83. The number of Topliss-reactive ketones (excluding diaryl/α,β-unsaturated/α-hetero) is 1. The molecule has 1 aliphatic rings. The first-order valence-corrected chi connectivity index (χ1v) is 8.51. The van der Waals surface area contributed by atoms with Gasteiger partial charge in [0, 0.05) is 13.5 Å². The molecule has 0 spiro atoms. The van der Waals surface area contributed by atoms with Crippen molar-refractivity contribution in [2.75, 3.05) is 7.05 Å². The minimum atomic E-state index is -0.727. The summed E-state index contributed by atoms with van der Waals surface area (Å²) in [6.45, 7) is 5.50. The molecule has 1 amide bonds. The van der Waals surface area contributed by atoms with E-state index in [0.717, 1.165) is 16.9 Å². The summed E-state index contributed by atoms with van der Waals surface area (Å²) in [5.74, 6) is 1.49. The number of nitrogens with two attached hydrogens (primary N) is 1. The van der Waals surface area contributed by atoms with Crippen molar-refractivity contribution in [3.8, 4) is 0 Å². The van der Waals surface area contributed by atoms with Crippen molar-refractivity contribution >= 4 is 17.6 Å². The van der Waals surface area contributed by atoms with Crippen LogP contribution in [0.25, 0.3) is 0 Å². The van der Waals surface area contributed by atoms with E-state index in [4.69, 9.17) is 10.2 Å². The molecule has 1 atom stereocenters. The molecule has 0 saturated carbocycles. The summed E-state index contributed by atoms with van der Waals surface area (Å²) in [5.41, 5.74) is 7.50. The van der Waals surface area contributed by atoms with Gasteiger partial charge in [-0.05, 0) is 38.0 Å². The monoisotopic (exact) mass is 353 g/mol. The van der Waals surface area contributed by atoms with Crippen LogP contribution in [-0.2, 0) is 16.8 Å². The number of nitrogens with zero attached hydrogens (tertiary/aromatic N) is 2. The Labute approximate surface area is 152 Å². The molecule has 2 aromatic rings. The molecule has 2 N–H and O–H groups in total. The summed E-state index contributed by atoms with van der Waals surface area (Å²) in [4.78, 5) is 30.6. The van der Waals surface area contributed by atoms with Gasteiger partial charge in [0.05, 0.1) is 17.5 Å². The number of hydrogen-bond donors (Lipinski definition) is 1. The van der Waals surface area contributed by atoms with Crippen LogP contribution in [0.5, 0.6) is 0 Å². The van der Waals surface area contributed by atoms with Crippen LogP contribution in [0.2, 0.25) is 0 Å². The molecule has 1 aromatic heterocycles. The van der Waals surface area contributed by atoms with Crippen molar-refractivity contribution in [3.63, 3.8) is 0 Å². The van der Waals surface area contributed by atoms with Crippen LogP contribution in [0.15, 0.2) is 39.7 Å². The first kappa shape index (κ1) is 17.9. The molecule has 6 nitrogen and oxygen atoms in total. The molecule has 26 heavy (non-hydrogen) atoms. The molecule has 136 valence electrons.